The molecular formula is C25H28N2O5. The third kappa shape index (κ3) is 4.93. The monoisotopic (exact) mass is 436 g/mol. The lowest BCUT2D eigenvalue weighted by Crippen LogP contribution is -2.40. The summed E-state index contributed by atoms with van der Waals surface area (Å²) in [7, 11) is 0. The van der Waals surface area contributed by atoms with E-state index < -0.39 is 12.1 Å². The minimum Gasteiger partial charge on any atom is -0.481 e. The lowest BCUT2D eigenvalue weighted by molar-refractivity contribution is -0.142. The van der Waals surface area contributed by atoms with Crippen LogP contribution in [0.25, 0.3) is 11.1 Å². The Morgan fingerprint density at radius 3 is 2.09 bits per heavy atom. The Bertz CT molecular complexity index is 952. The molecule has 0 atom stereocenters. The van der Waals surface area contributed by atoms with Crippen LogP contribution >= 0.6 is 0 Å². The molecule has 7 nitrogen and oxygen atoms in total. The second kappa shape index (κ2) is 9.85. The number of aliphatic carboxylic acids is 1. The van der Waals surface area contributed by atoms with Gasteiger partial charge in [0.15, 0.2) is 0 Å². The normalized spacial score (nSPS) is 19.5. The molecule has 0 unspecified atom stereocenters. The predicted molar refractivity (Wildman–Crippen MR) is 119 cm³/mol. The molecule has 0 spiro atoms. The maximum Gasteiger partial charge on any atom is 0.407 e. The summed E-state index contributed by atoms with van der Waals surface area (Å²) in [5, 5.41) is 14.6. The number of fused-ring (bicyclic) bond motifs is 3. The summed E-state index contributed by atoms with van der Waals surface area (Å²) in [4.78, 5) is 35.3. The Hall–Kier alpha value is -3.35. The summed E-state index contributed by atoms with van der Waals surface area (Å²) in [6.45, 7) is 0.422. The van der Waals surface area contributed by atoms with Crippen LogP contribution in [0.1, 0.15) is 49.1 Å². The molecule has 2 amide bonds. The largest absolute Gasteiger partial charge is 0.481 e. The highest BCUT2D eigenvalue weighted by Gasteiger charge is 2.29. The minimum atomic E-state index is -0.762. The van der Waals surface area contributed by atoms with Crippen LogP contribution in [-0.4, -0.2) is 42.3 Å². The second-order valence-electron chi connectivity index (χ2n) is 8.46. The zero-order valence-electron chi connectivity index (χ0n) is 17.9. The molecule has 1 saturated carbocycles. The SMILES string of the molecule is O=C(CCNC(=O)OCC1c2ccccc2-c2ccccc21)NC1CCC(C(=O)O)CC1. The first-order valence-electron chi connectivity index (χ1n) is 11.1. The Morgan fingerprint density at radius 2 is 1.50 bits per heavy atom. The Morgan fingerprint density at radius 1 is 0.906 bits per heavy atom. The molecule has 2 aliphatic carbocycles. The Kier molecular flexibility index (Phi) is 6.73. The molecule has 0 aliphatic heterocycles. The van der Waals surface area contributed by atoms with Gasteiger partial charge in [0.2, 0.25) is 5.91 Å². The van der Waals surface area contributed by atoms with E-state index in [1.807, 2.05) is 24.3 Å². The molecule has 168 valence electrons. The van der Waals surface area contributed by atoms with Crippen molar-refractivity contribution in [1.29, 1.82) is 0 Å². The van der Waals surface area contributed by atoms with Crippen molar-refractivity contribution in [2.75, 3.05) is 13.2 Å². The molecular weight excluding hydrogens is 408 g/mol. The number of alkyl carbamates (subject to hydrolysis) is 1. The van der Waals surface area contributed by atoms with Gasteiger partial charge in [-0.05, 0) is 47.9 Å². The number of benzene rings is 2. The van der Waals surface area contributed by atoms with Crippen LogP contribution in [0.3, 0.4) is 0 Å². The molecule has 2 aromatic carbocycles. The van der Waals surface area contributed by atoms with Gasteiger partial charge in [0.05, 0.1) is 5.92 Å². The van der Waals surface area contributed by atoms with Crippen molar-refractivity contribution in [2.45, 2.75) is 44.1 Å². The van der Waals surface area contributed by atoms with Gasteiger partial charge in [-0.25, -0.2) is 4.79 Å². The van der Waals surface area contributed by atoms with Crippen molar-refractivity contribution in [3.05, 3.63) is 59.7 Å². The highest BCUT2D eigenvalue weighted by Crippen LogP contribution is 2.44. The van der Waals surface area contributed by atoms with Crippen molar-refractivity contribution in [3.8, 4) is 11.1 Å². The summed E-state index contributed by atoms with van der Waals surface area (Å²) in [5.74, 6) is -1.22. The van der Waals surface area contributed by atoms with Gasteiger partial charge in [0.1, 0.15) is 6.61 Å². The van der Waals surface area contributed by atoms with E-state index in [2.05, 4.69) is 34.9 Å². The fourth-order valence-corrected chi connectivity index (χ4v) is 4.71. The fourth-order valence-electron chi connectivity index (χ4n) is 4.71. The van der Waals surface area contributed by atoms with E-state index >= 15 is 0 Å². The van der Waals surface area contributed by atoms with Crippen LogP contribution in [0.15, 0.2) is 48.5 Å². The van der Waals surface area contributed by atoms with E-state index in [1.54, 1.807) is 0 Å². The van der Waals surface area contributed by atoms with Gasteiger partial charge in [-0.2, -0.15) is 0 Å². The molecule has 1 fully saturated rings. The molecule has 2 aromatic rings. The van der Waals surface area contributed by atoms with E-state index in [-0.39, 0.29) is 43.4 Å². The van der Waals surface area contributed by atoms with Gasteiger partial charge in [0.25, 0.3) is 0 Å². The number of nitrogens with one attached hydrogen (secondary N) is 2. The number of hydrogen-bond donors (Lipinski definition) is 3. The number of carboxylic acid groups (broad SMARTS) is 1. The molecule has 0 bridgehead atoms. The van der Waals surface area contributed by atoms with Gasteiger partial charge < -0.3 is 20.5 Å². The third-order valence-corrected chi connectivity index (χ3v) is 6.41. The van der Waals surface area contributed by atoms with Crippen molar-refractivity contribution in [2.24, 2.45) is 5.92 Å². The Balaban J connectivity index is 1.19. The molecule has 3 N–H and O–H groups in total. The van der Waals surface area contributed by atoms with Crippen LogP contribution in [0.4, 0.5) is 4.79 Å². The van der Waals surface area contributed by atoms with Gasteiger partial charge in [-0.15, -0.1) is 0 Å². The first kappa shape index (κ1) is 21.9. The average Bonchev–Trinajstić information content (AvgIpc) is 3.12. The number of carboxylic acids is 1. The van der Waals surface area contributed by atoms with Crippen molar-refractivity contribution >= 4 is 18.0 Å². The van der Waals surface area contributed by atoms with Crippen molar-refractivity contribution in [3.63, 3.8) is 0 Å². The predicted octanol–water partition coefficient (Wildman–Crippen LogP) is 3.67. The van der Waals surface area contributed by atoms with E-state index in [0.717, 1.165) is 11.1 Å². The summed E-state index contributed by atoms with van der Waals surface area (Å²) in [6.07, 6.45) is 2.12. The zero-order chi connectivity index (χ0) is 22.5. The molecule has 0 saturated heterocycles. The number of rotatable bonds is 7. The maximum atomic E-state index is 12.2. The second-order valence-corrected chi connectivity index (χ2v) is 8.46. The van der Waals surface area contributed by atoms with Gasteiger partial charge in [-0.3, -0.25) is 9.59 Å². The van der Waals surface area contributed by atoms with Crippen LogP contribution in [0, 0.1) is 5.92 Å². The minimum absolute atomic E-state index is 0.00243. The molecule has 0 radical (unpaired) electrons. The van der Waals surface area contributed by atoms with E-state index in [1.165, 1.54) is 11.1 Å². The number of amides is 2. The number of carbonyl (C=O) groups is 3. The lowest BCUT2D eigenvalue weighted by atomic mass is 9.86. The van der Waals surface area contributed by atoms with E-state index in [0.29, 0.717) is 25.7 Å². The molecule has 2 aliphatic rings. The maximum absolute atomic E-state index is 12.2. The van der Waals surface area contributed by atoms with Crippen LogP contribution in [0.5, 0.6) is 0 Å². The average molecular weight is 437 g/mol. The Labute approximate surface area is 187 Å². The summed E-state index contributed by atoms with van der Waals surface area (Å²) in [5.41, 5.74) is 4.65. The van der Waals surface area contributed by atoms with Crippen molar-refractivity contribution < 1.29 is 24.2 Å². The van der Waals surface area contributed by atoms with Gasteiger partial charge in [0, 0.05) is 24.9 Å². The van der Waals surface area contributed by atoms with Gasteiger partial charge >= 0.3 is 12.1 Å². The summed E-state index contributed by atoms with van der Waals surface area (Å²) in [6, 6.07) is 16.3. The lowest BCUT2D eigenvalue weighted by Gasteiger charge is -2.26. The molecule has 4 rings (SSSR count). The van der Waals surface area contributed by atoms with Crippen LogP contribution in [-0.2, 0) is 14.3 Å². The number of carbonyl (C=O) groups excluding carboxylic acids is 2. The molecule has 0 heterocycles. The number of hydrogen-bond acceptors (Lipinski definition) is 4. The highest BCUT2D eigenvalue weighted by atomic mass is 16.5. The molecule has 32 heavy (non-hydrogen) atoms. The van der Waals surface area contributed by atoms with Crippen LogP contribution in [0.2, 0.25) is 0 Å². The molecule has 7 heteroatoms. The summed E-state index contributed by atoms with van der Waals surface area (Å²) < 4.78 is 5.47. The quantitative estimate of drug-likeness (QED) is 0.614. The van der Waals surface area contributed by atoms with Crippen molar-refractivity contribution in [1.82, 2.24) is 10.6 Å². The molecule has 0 aromatic heterocycles. The summed E-state index contributed by atoms with van der Waals surface area (Å²) >= 11 is 0. The van der Waals surface area contributed by atoms with E-state index in [4.69, 9.17) is 9.84 Å². The van der Waals surface area contributed by atoms with Gasteiger partial charge in [-0.1, -0.05) is 48.5 Å². The first-order chi connectivity index (χ1) is 15.5. The van der Waals surface area contributed by atoms with Crippen LogP contribution < -0.4 is 10.6 Å². The first-order valence-corrected chi connectivity index (χ1v) is 11.1. The topological polar surface area (TPSA) is 105 Å². The zero-order valence-corrected chi connectivity index (χ0v) is 17.9. The van der Waals surface area contributed by atoms with E-state index in [9.17, 15) is 14.4 Å². The smallest absolute Gasteiger partial charge is 0.407 e. The standard InChI is InChI=1S/C25H28N2O5/c28-23(27-17-11-9-16(10-12-17)24(29)30)13-14-26-25(31)32-15-22-20-7-3-1-5-18(20)19-6-2-4-8-21(19)22/h1-8,16-17,22H,9-15H2,(H,26,31)(H,27,28)(H,29,30). The number of ether oxygens (including phenoxy) is 1. The third-order valence-electron chi connectivity index (χ3n) is 6.41. The highest BCUT2D eigenvalue weighted by molar-refractivity contribution is 5.79. The fraction of sp³-hybridized carbons (Fsp3) is 0.400.